The molecule has 98 valence electrons. The zero-order valence-corrected chi connectivity index (χ0v) is 10.1. The maximum Gasteiger partial charge on any atom is 0.272 e. The number of nitro benzene ring substituents is 1. The van der Waals surface area contributed by atoms with Crippen LogP contribution in [0.5, 0.6) is 0 Å². The molecule has 0 radical (unpaired) electrons. The minimum absolute atomic E-state index is 0.00761. The van der Waals surface area contributed by atoms with Gasteiger partial charge in [-0.05, 0) is 19.1 Å². The largest absolute Gasteiger partial charge is 0.345 e. The Morgan fingerprint density at radius 3 is 2.89 bits per heavy atom. The first-order chi connectivity index (χ1) is 9.08. The molecule has 1 amide bonds. The standard InChI is InChI=1S/C11H11N5O3/c1-7-4-8(2-3-9(7)16(18)19)11(17)12-5-10-13-6-14-15-10/h2-4,6H,5H2,1H3,(H,12,17)(H,13,14,15). The first-order valence-electron chi connectivity index (χ1n) is 5.45. The number of aromatic amines is 1. The third-order valence-electron chi connectivity index (χ3n) is 2.54. The van der Waals surface area contributed by atoms with Crippen LogP contribution in [0.25, 0.3) is 0 Å². The fourth-order valence-corrected chi connectivity index (χ4v) is 1.58. The van der Waals surface area contributed by atoms with Gasteiger partial charge in [0.1, 0.15) is 12.2 Å². The van der Waals surface area contributed by atoms with E-state index in [0.717, 1.165) is 0 Å². The lowest BCUT2D eigenvalue weighted by molar-refractivity contribution is -0.385. The van der Waals surface area contributed by atoms with E-state index in [1.165, 1.54) is 24.5 Å². The molecule has 8 heteroatoms. The summed E-state index contributed by atoms with van der Waals surface area (Å²) < 4.78 is 0. The Hall–Kier alpha value is -2.77. The van der Waals surface area contributed by atoms with Crippen LogP contribution in [0.15, 0.2) is 24.5 Å². The van der Waals surface area contributed by atoms with E-state index in [9.17, 15) is 14.9 Å². The van der Waals surface area contributed by atoms with Gasteiger partial charge in [-0.15, -0.1) is 0 Å². The Balaban J connectivity index is 2.07. The molecule has 2 aromatic rings. The Bertz CT molecular complexity index is 609. The van der Waals surface area contributed by atoms with E-state index in [2.05, 4.69) is 20.5 Å². The van der Waals surface area contributed by atoms with Crippen molar-refractivity contribution in [1.29, 1.82) is 0 Å². The van der Waals surface area contributed by atoms with E-state index < -0.39 is 4.92 Å². The Kier molecular flexibility index (Phi) is 3.51. The summed E-state index contributed by atoms with van der Waals surface area (Å²) in [5.74, 6) is 0.210. The average molecular weight is 261 g/mol. The van der Waals surface area contributed by atoms with Gasteiger partial charge in [-0.3, -0.25) is 20.0 Å². The summed E-state index contributed by atoms with van der Waals surface area (Å²) in [6, 6.07) is 4.22. The lowest BCUT2D eigenvalue weighted by atomic mass is 10.1. The second-order valence-electron chi connectivity index (χ2n) is 3.87. The van der Waals surface area contributed by atoms with Crippen LogP contribution in [0.3, 0.4) is 0 Å². The topological polar surface area (TPSA) is 114 Å². The number of nitrogens with zero attached hydrogens (tertiary/aromatic N) is 3. The smallest absolute Gasteiger partial charge is 0.272 e. The molecule has 1 aromatic heterocycles. The molecule has 0 fully saturated rings. The summed E-state index contributed by atoms with van der Waals surface area (Å²) in [4.78, 5) is 25.9. The van der Waals surface area contributed by atoms with Crippen molar-refractivity contribution in [2.24, 2.45) is 0 Å². The van der Waals surface area contributed by atoms with E-state index in [4.69, 9.17) is 0 Å². The van der Waals surface area contributed by atoms with Gasteiger partial charge in [-0.1, -0.05) is 0 Å². The van der Waals surface area contributed by atoms with Gasteiger partial charge in [-0.25, -0.2) is 4.98 Å². The predicted molar refractivity (Wildman–Crippen MR) is 65.4 cm³/mol. The first kappa shape index (κ1) is 12.7. The molecular weight excluding hydrogens is 250 g/mol. The SMILES string of the molecule is Cc1cc(C(=O)NCc2ncn[nH]2)ccc1[N+](=O)[O-]. The predicted octanol–water partition coefficient (Wildman–Crippen LogP) is 0.951. The van der Waals surface area contributed by atoms with E-state index >= 15 is 0 Å². The molecule has 0 unspecified atom stereocenters. The van der Waals surface area contributed by atoms with Gasteiger partial charge in [0.2, 0.25) is 0 Å². The summed E-state index contributed by atoms with van der Waals surface area (Å²) >= 11 is 0. The fourth-order valence-electron chi connectivity index (χ4n) is 1.58. The van der Waals surface area contributed by atoms with E-state index in [1.54, 1.807) is 6.92 Å². The van der Waals surface area contributed by atoms with Gasteiger partial charge in [-0.2, -0.15) is 5.10 Å². The average Bonchev–Trinajstić information content (AvgIpc) is 2.88. The summed E-state index contributed by atoms with van der Waals surface area (Å²) in [7, 11) is 0. The molecule has 8 nitrogen and oxygen atoms in total. The van der Waals surface area contributed by atoms with Crippen LogP contribution in [0.2, 0.25) is 0 Å². The second-order valence-corrected chi connectivity index (χ2v) is 3.87. The van der Waals surface area contributed by atoms with Crippen molar-refractivity contribution < 1.29 is 9.72 Å². The highest BCUT2D eigenvalue weighted by Gasteiger charge is 2.13. The van der Waals surface area contributed by atoms with Crippen molar-refractivity contribution in [3.05, 3.63) is 51.6 Å². The number of nitro groups is 1. The molecule has 0 saturated carbocycles. The summed E-state index contributed by atoms with van der Waals surface area (Å²) in [5, 5.41) is 19.6. The number of nitrogens with one attached hydrogen (secondary N) is 2. The number of hydrogen-bond acceptors (Lipinski definition) is 5. The number of aromatic nitrogens is 3. The summed E-state index contributed by atoms with van der Waals surface area (Å²) in [6.45, 7) is 1.81. The number of benzene rings is 1. The number of H-pyrrole nitrogens is 1. The van der Waals surface area contributed by atoms with Crippen LogP contribution in [0.4, 0.5) is 5.69 Å². The van der Waals surface area contributed by atoms with E-state index in [1.807, 2.05) is 0 Å². The van der Waals surface area contributed by atoms with Crippen molar-refractivity contribution >= 4 is 11.6 Å². The molecule has 2 rings (SSSR count). The quantitative estimate of drug-likeness (QED) is 0.628. The van der Waals surface area contributed by atoms with Crippen molar-refractivity contribution in [3.8, 4) is 0 Å². The molecule has 0 aliphatic carbocycles. The van der Waals surface area contributed by atoms with Gasteiger partial charge >= 0.3 is 0 Å². The van der Waals surface area contributed by atoms with E-state index in [-0.39, 0.29) is 18.1 Å². The van der Waals surface area contributed by atoms with Gasteiger partial charge in [0.15, 0.2) is 0 Å². The lowest BCUT2D eigenvalue weighted by Crippen LogP contribution is -2.23. The second kappa shape index (κ2) is 5.25. The lowest BCUT2D eigenvalue weighted by Gasteiger charge is -2.04. The number of carbonyl (C=O) groups is 1. The highest BCUT2D eigenvalue weighted by molar-refractivity contribution is 5.94. The molecule has 0 saturated heterocycles. The zero-order valence-electron chi connectivity index (χ0n) is 10.1. The minimum Gasteiger partial charge on any atom is -0.345 e. The summed E-state index contributed by atoms with van der Waals surface area (Å²) in [6.07, 6.45) is 1.34. The third-order valence-corrected chi connectivity index (χ3v) is 2.54. The normalized spacial score (nSPS) is 10.2. The first-order valence-corrected chi connectivity index (χ1v) is 5.45. The van der Waals surface area contributed by atoms with E-state index in [0.29, 0.717) is 17.0 Å². The molecule has 0 bridgehead atoms. The highest BCUT2D eigenvalue weighted by atomic mass is 16.6. The highest BCUT2D eigenvalue weighted by Crippen LogP contribution is 2.18. The molecule has 1 heterocycles. The molecule has 0 aliphatic rings. The number of rotatable bonds is 4. The Labute approximate surface area is 108 Å². The Morgan fingerprint density at radius 2 is 2.32 bits per heavy atom. The maximum absolute atomic E-state index is 11.8. The molecule has 2 N–H and O–H groups in total. The minimum atomic E-state index is -0.481. The number of amides is 1. The number of aryl methyl sites for hydroxylation is 1. The summed E-state index contributed by atoms with van der Waals surface area (Å²) in [5.41, 5.74) is 0.798. The fraction of sp³-hybridized carbons (Fsp3) is 0.182. The molecular formula is C11H11N5O3. The van der Waals surface area contributed by atoms with Crippen LogP contribution in [0.1, 0.15) is 21.7 Å². The maximum atomic E-state index is 11.8. The van der Waals surface area contributed by atoms with Crippen LogP contribution >= 0.6 is 0 Å². The van der Waals surface area contributed by atoms with Crippen LogP contribution < -0.4 is 5.32 Å². The zero-order chi connectivity index (χ0) is 13.8. The van der Waals surface area contributed by atoms with Crippen molar-refractivity contribution in [3.63, 3.8) is 0 Å². The molecule has 0 aliphatic heterocycles. The van der Waals surface area contributed by atoms with Gasteiger partial charge in [0.05, 0.1) is 11.5 Å². The molecule has 0 atom stereocenters. The van der Waals surface area contributed by atoms with Gasteiger partial charge in [0.25, 0.3) is 11.6 Å². The third kappa shape index (κ3) is 2.92. The van der Waals surface area contributed by atoms with Crippen LogP contribution in [-0.2, 0) is 6.54 Å². The van der Waals surface area contributed by atoms with Crippen LogP contribution in [-0.4, -0.2) is 26.0 Å². The van der Waals surface area contributed by atoms with Crippen LogP contribution in [0, 0.1) is 17.0 Å². The van der Waals surface area contributed by atoms with Crippen molar-refractivity contribution in [1.82, 2.24) is 20.5 Å². The number of carbonyl (C=O) groups excluding carboxylic acids is 1. The molecule has 19 heavy (non-hydrogen) atoms. The monoisotopic (exact) mass is 261 g/mol. The van der Waals surface area contributed by atoms with Crippen molar-refractivity contribution in [2.45, 2.75) is 13.5 Å². The molecule has 1 aromatic carbocycles. The molecule has 0 spiro atoms. The van der Waals surface area contributed by atoms with Gasteiger partial charge in [0, 0.05) is 17.2 Å². The van der Waals surface area contributed by atoms with Crippen molar-refractivity contribution in [2.75, 3.05) is 0 Å². The van der Waals surface area contributed by atoms with Gasteiger partial charge < -0.3 is 5.32 Å². The number of hydrogen-bond donors (Lipinski definition) is 2. The Morgan fingerprint density at radius 1 is 1.53 bits per heavy atom.